The van der Waals surface area contributed by atoms with Crippen LogP contribution >= 0.6 is 0 Å². The summed E-state index contributed by atoms with van der Waals surface area (Å²) in [6.45, 7) is 10.4. The molecule has 1 heterocycles. The molecule has 0 aliphatic heterocycles. The number of nitrogens with zero attached hydrogens (tertiary/aromatic N) is 1. The fraction of sp³-hybridized carbons (Fsp3) is 0.192. The molecule has 142 valence electrons. The van der Waals surface area contributed by atoms with Crippen molar-refractivity contribution in [2.24, 2.45) is 5.73 Å². The molecule has 1 aromatic heterocycles. The number of aromatic nitrogens is 1. The highest BCUT2D eigenvalue weighted by Gasteiger charge is 2.16. The quantitative estimate of drug-likeness (QED) is 0.400. The number of aryl methyl sites for hydroxylation is 3. The lowest BCUT2D eigenvalue weighted by molar-refractivity contribution is 1.29. The Hall–Kier alpha value is -3.13. The largest absolute Gasteiger partial charge is 0.404 e. The molecule has 0 atom stereocenters. The fourth-order valence-electron chi connectivity index (χ4n) is 3.79. The summed E-state index contributed by atoms with van der Waals surface area (Å²) in [5.41, 5.74) is 13.9. The molecule has 0 aliphatic carbocycles. The molecule has 0 aliphatic rings. The van der Waals surface area contributed by atoms with Gasteiger partial charge in [0.1, 0.15) is 0 Å². The van der Waals surface area contributed by atoms with Crippen LogP contribution in [0.2, 0.25) is 0 Å². The van der Waals surface area contributed by atoms with Gasteiger partial charge in [-0.2, -0.15) is 0 Å². The maximum absolute atomic E-state index is 6.14. The van der Waals surface area contributed by atoms with Gasteiger partial charge < -0.3 is 5.73 Å². The van der Waals surface area contributed by atoms with Crippen molar-refractivity contribution in [3.05, 3.63) is 94.8 Å². The summed E-state index contributed by atoms with van der Waals surface area (Å²) in [7, 11) is 0. The SMILES string of the molecule is CC.Cc1ccc2c(/C(=C\N)c3c(C)cccc3C)nc3ccccc3c2c1. The molecule has 3 aromatic carbocycles. The Morgan fingerprint density at radius 2 is 1.46 bits per heavy atom. The number of benzene rings is 3. The Labute approximate surface area is 167 Å². The van der Waals surface area contributed by atoms with E-state index in [0.29, 0.717) is 0 Å². The minimum atomic E-state index is 0.943. The van der Waals surface area contributed by atoms with Gasteiger partial charge in [-0.25, -0.2) is 4.98 Å². The summed E-state index contributed by atoms with van der Waals surface area (Å²) in [5.74, 6) is 0. The highest BCUT2D eigenvalue weighted by molar-refractivity contribution is 6.10. The number of hydrogen-bond acceptors (Lipinski definition) is 2. The number of pyridine rings is 1. The van der Waals surface area contributed by atoms with Crippen LogP contribution in [-0.2, 0) is 0 Å². The van der Waals surface area contributed by atoms with Crippen molar-refractivity contribution in [2.45, 2.75) is 34.6 Å². The molecule has 2 heteroatoms. The summed E-state index contributed by atoms with van der Waals surface area (Å²) >= 11 is 0. The first-order valence-electron chi connectivity index (χ1n) is 9.88. The van der Waals surface area contributed by atoms with Gasteiger partial charge in [-0.3, -0.25) is 0 Å². The number of fused-ring (bicyclic) bond motifs is 3. The summed E-state index contributed by atoms with van der Waals surface area (Å²) < 4.78 is 0. The van der Waals surface area contributed by atoms with E-state index in [1.54, 1.807) is 6.20 Å². The van der Waals surface area contributed by atoms with Crippen LogP contribution in [0.5, 0.6) is 0 Å². The molecule has 0 amide bonds. The molecule has 0 radical (unpaired) electrons. The Balaban J connectivity index is 0.00000109. The lowest BCUT2D eigenvalue weighted by Crippen LogP contribution is -2.02. The monoisotopic (exact) mass is 368 g/mol. The molecule has 0 spiro atoms. The van der Waals surface area contributed by atoms with Gasteiger partial charge in [-0.1, -0.05) is 74.0 Å². The van der Waals surface area contributed by atoms with Gasteiger partial charge in [0.15, 0.2) is 0 Å². The molecule has 0 unspecified atom stereocenters. The average molecular weight is 369 g/mol. The molecular formula is C26H28N2. The highest BCUT2D eigenvalue weighted by atomic mass is 14.7. The molecule has 4 rings (SSSR count). The van der Waals surface area contributed by atoms with Crippen molar-refractivity contribution in [1.29, 1.82) is 0 Å². The second-order valence-corrected chi connectivity index (χ2v) is 6.87. The minimum Gasteiger partial charge on any atom is -0.404 e. The van der Waals surface area contributed by atoms with Crippen molar-refractivity contribution in [3.63, 3.8) is 0 Å². The average Bonchev–Trinajstić information content (AvgIpc) is 2.72. The van der Waals surface area contributed by atoms with E-state index < -0.39 is 0 Å². The van der Waals surface area contributed by atoms with E-state index in [2.05, 4.69) is 75.4 Å². The van der Waals surface area contributed by atoms with E-state index in [-0.39, 0.29) is 0 Å². The zero-order chi connectivity index (χ0) is 20.3. The Bertz CT molecular complexity index is 1150. The van der Waals surface area contributed by atoms with Crippen molar-refractivity contribution >= 4 is 27.2 Å². The maximum Gasteiger partial charge on any atom is 0.0808 e. The number of nitrogens with two attached hydrogens (primary N) is 1. The molecule has 28 heavy (non-hydrogen) atoms. The molecule has 0 saturated heterocycles. The van der Waals surface area contributed by atoms with Crippen molar-refractivity contribution in [2.75, 3.05) is 0 Å². The number of rotatable bonds is 2. The summed E-state index contributed by atoms with van der Waals surface area (Å²) in [6.07, 6.45) is 1.70. The Morgan fingerprint density at radius 1 is 0.786 bits per heavy atom. The van der Waals surface area contributed by atoms with Crippen LogP contribution in [-0.4, -0.2) is 4.98 Å². The number of hydrogen-bond donors (Lipinski definition) is 1. The topological polar surface area (TPSA) is 38.9 Å². The van der Waals surface area contributed by atoms with Crippen molar-refractivity contribution in [1.82, 2.24) is 4.98 Å². The molecule has 2 N–H and O–H groups in total. The van der Waals surface area contributed by atoms with Gasteiger partial charge in [-0.15, -0.1) is 0 Å². The van der Waals surface area contributed by atoms with Crippen LogP contribution in [0, 0.1) is 20.8 Å². The molecule has 0 saturated carbocycles. The van der Waals surface area contributed by atoms with E-state index in [4.69, 9.17) is 10.7 Å². The normalized spacial score (nSPS) is 11.4. The Morgan fingerprint density at radius 3 is 2.14 bits per heavy atom. The van der Waals surface area contributed by atoms with Crippen molar-refractivity contribution in [3.8, 4) is 0 Å². The van der Waals surface area contributed by atoms with E-state index in [0.717, 1.165) is 22.2 Å². The smallest absolute Gasteiger partial charge is 0.0808 e. The third-order valence-corrected chi connectivity index (χ3v) is 5.03. The van der Waals surface area contributed by atoms with Gasteiger partial charge >= 0.3 is 0 Å². The Kier molecular flexibility index (Phi) is 5.79. The minimum absolute atomic E-state index is 0.943. The first-order valence-corrected chi connectivity index (χ1v) is 9.88. The van der Waals surface area contributed by atoms with Gasteiger partial charge in [0.05, 0.1) is 11.2 Å². The van der Waals surface area contributed by atoms with Gasteiger partial charge in [-0.05, 0) is 48.9 Å². The standard InChI is InChI=1S/C24H22N2.C2H6/c1-15-11-12-19-20(13-15)18-9-4-5-10-22(18)26-24(19)21(14-25)23-16(2)7-6-8-17(23)3;1-2/h4-14H,25H2,1-3H3;1-2H3/b21-14-;. The third-order valence-electron chi connectivity index (χ3n) is 5.03. The van der Waals surface area contributed by atoms with Crippen LogP contribution in [0.15, 0.2) is 66.9 Å². The first-order chi connectivity index (χ1) is 13.6. The predicted octanol–water partition coefficient (Wildman–Crippen LogP) is 6.69. The number of para-hydroxylation sites is 1. The third kappa shape index (κ3) is 3.38. The van der Waals surface area contributed by atoms with Gasteiger partial charge in [0.25, 0.3) is 0 Å². The summed E-state index contributed by atoms with van der Waals surface area (Å²) in [4.78, 5) is 5.01. The lowest BCUT2D eigenvalue weighted by atomic mass is 9.91. The van der Waals surface area contributed by atoms with Crippen LogP contribution < -0.4 is 5.73 Å². The second-order valence-electron chi connectivity index (χ2n) is 6.87. The lowest BCUT2D eigenvalue weighted by Gasteiger charge is -2.16. The molecule has 0 bridgehead atoms. The second kappa shape index (κ2) is 8.26. The van der Waals surface area contributed by atoms with Crippen LogP contribution in [0.4, 0.5) is 0 Å². The molecule has 4 aromatic rings. The first kappa shape index (κ1) is 19.6. The van der Waals surface area contributed by atoms with Crippen molar-refractivity contribution < 1.29 is 0 Å². The van der Waals surface area contributed by atoms with E-state index >= 15 is 0 Å². The van der Waals surface area contributed by atoms with E-state index in [1.165, 1.54) is 33.0 Å². The maximum atomic E-state index is 6.14. The van der Waals surface area contributed by atoms with E-state index in [9.17, 15) is 0 Å². The van der Waals surface area contributed by atoms with E-state index in [1.807, 2.05) is 19.9 Å². The van der Waals surface area contributed by atoms with Crippen LogP contribution in [0.3, 0.4) is 0 Å². The predicted molar refractivity (Wildman–Crippen MR) is 123 cm³/mol. The zero-order valence-electron chi connectivity index (χ0n) is 17.4. The highest BCUT2D eigenvalue weighted by Crippen LogP contribution is 2.35. The van der Waals surface area contributed by atoms with Crippen LogP contribution in [0.1, 0.15) is 41.8 Å². The molecular weight excluding hydrogens is 340 g/mol. The van der Waals surface area contributed by atoms with Crippen LogP contribution in [0.25, 0.3) is 27.2 Å². The van der Waals surface area contributed by atoms with Gasteiger partial charge in [0, 0.05) is 22.5 Å². The fourth-order valence-corrected chi connectivity index (χ4v) is 3.79. The zero-order valence-corrected chi connectivity index (χ0v) is 17.4. The summed E-state index contributed by atoms with van der Waals surface area (Å²) in [5, 5.41) is 3.53. The van der Waals surface area contributed by atoms with Gasteiger partial charge in [0.2, 0.25) is 0 Å². The summed E-state index contributed by atoms with van der Waals surface area (Å²) in [6, 6.07) is 21.2. The molecule has 0 fully saturated rings. The molecule has 2 nitrogen and oxygen atoms in total.